The Hall–Kier alpha value is -0.800. The molecule has 1 heterocycles. The molecule has 0 bridgehead atoms. The minimum atomic E-state index is 0.313. The van der Waals surface area contributed by atoms with Crippen LogP contribution < -0.4 is 5.32 Å². The van der Waals surface area contributed by atoms with E-state index in [1.165, 1.54) is 5.69 Å². The first-order valence-electron chi connectivity index (χ1n) is 6.22. The SMILES string of the molecule is CC(C)NCc1cccn1CCCCCO. The van der Waals surface area contributed by atoms with E-state index < -0.39 is 0 Å². The highest BCUT2D eigenvalue weighted by Gasteiger charge is 2.01. The minimum absolute atomic E-state index is 0.313. The molecule has 0 saturated carbocycles. The van der Waals surface area contributed by atoms with E-state index in [4.69, 9.17) is 5.11 Å². The van der Waals surface area contributed by atoms with E-state index in [1.807, 2.05) is 0 Å². The molecule has 16 heavy (non-hydrogen) atoms. The summed E-state index contributed by atoms with van der Waals surface area (Å²) in [4.78, 5) is 0. The average molecular weight is 224 g/mol. The van der Waals surface area contributed by atoms with Crippen LogP contribution in [0.4, 0.5) is 0 Å². The Morgan fingerprint density at radius 3 is 2.81 bits per heavy atom. The third kappa shape index (κ3) is 4.81. The lowest BCUT2D eigenvalue weighted by Crippen LogP contribution is -2.23. The Morgan fingerprint density at radius 2 is 2.12 bits per heavy atom. The van der Waals surface area contributed by atoms with Gasteiger partial charge in [0.1, 0.15) is 0 Å². The molecule has 0 atom stereocenters. The summed E-state index contributed by atoms with van der Waals surface area (Å²) in [5.41, 5.74) is 1.35. The van der Waals surface area contributed by atoms with Crippen LogP contribution in [0.1, 0.15) is 38.8 Å². The Bertz CT molecular complexity index is 281. The summed E-state index contributed by atoms with van der Waals surface area (Å²) < 4.78 is 2.30. The van der Waals surface area contributed by atoms with E-state index in [2.05, 4.69) is 42.1 Å². The number of hydrogen-bond donors (Lipinski definition) is 2. The van der Waals surface area contributed by atoms with E-state index >= 15 is 0 Å². The van der Waals surface area contributed by atoms with Gasteiger partial charge in [0.05, 0.1) is 0 Å². The van der Waals surface area contributed by atoms with Crippen molar-refractivity contribution in [2.24, 2.45) is 0 Å². The van der Waals surface area contributed by atoms with Crippen molar-refractivity contribution in [3.63, 3.8) is 0 Å². The van der Waals surface area contributed by atoms with Crippen molar-refractivity contribution in [2.75, 3.05) is 6.61 Å². The van der Waals surface area contributed by atoms with Gasteiger partial charge in [-0.15, -0.1) is 0 Å². The van der Waals surface area contributed by atoms with Crippen molar-refractivity contribution >= 4 is 0 Å². The lowest BCUT2D eigenvalue weighted by molar-refractivity contribution is 0.281. The van der Waals surface area contributed by atoms with Crippen LogP contribution in [0.5, 0.6) is 0 Å². The molecule has 3 heteroatoms. The van der Waals surface area contributed by atoms with Crippen LogP contribution in [-0.4, -0.2) is 22.3 Å². The fourth-order valence-electron chi connectivity index (χ4n) is 1.71. The van der Waals surface area contributed by atoms with Crippen LogP contribution in [0.3, 0.4) is 0 Å². The maximum atomic E-state index is 8.71. The average Bonchev–Trinajstić information content (AvgIpc) is 2.69. The maximum absolute atomic E-state index is 8.71. The number of unbranched alkanes of at least 4 members (excludes halogenated alkanes) is 2. The van der Waals surface area contributed by atoms with Gasteiger partial charge in [0.15, 0.2) is 0 Å². The summed E-state index contributed by atoms with van der Waals surface area (Å²) in [6.07, 6.45) is 5.30. The quantitative estimate of drug-likeness (QED) is 0.664. The van der Waals surface area contributed by atoms with Gasteiger partial charge in [-0.1, -0.05) is 13.8 Å². The van der Waals surface area contributed by atoms with Crippen molar-refractivity contribution in [1.29, 1.82) is 0 Å². The van der Waals surface area contributed by atoms with Crippen molar-refractivity contribution in [2.45, 2.75) is 52.2 Å². The predicted molar refractivity (Wildman–Crippen MR) is 67.3 cm³/mol. The fraction of sp³-hybridized carbons (Fsp3) is 0.692. The molecule has 0 fully saturated rings. The molecular weight excluding hydrogens is 200 g/mol. The number of nitrogens with one attached hydrogen (secondary N) is 1. The van der Waals surface area contributed by atoms with Crippen LogP contribution in [-0.2, 0) is 13.1 Å². The zero-order valence-corrected chi connectivity index (χ0v) is 10.4. The molecule has 1 aromatic rings. The summed E-state index contributed by atoms with van der Waals surface area (Å²) in [6.45, 7) is 6.63. The van der Waals surface area contributed by atoms with Gasteiger partial charge in [-0.3, -0.25) is 0 Å². The Kier molecular flexibility index (Phi) is 6.19. The lowest BCUT2D eigenvalue weighted by atomic mass is 10.2. The second-order valence-electron chi connectivity index (χ2n) is 4.51. The minimum Gasteiger partial charge on any atom is -0.396 e. The second-order valence-corrected chi connectivity index (χ2v) is 4.51. The predicted octanol–water partition coefficient (Wildman–Crippen LogP) is 2.15. The Labute approximate surface area is 98.5 Å². The normalized spacial score (nSPS) is 11.2. The van der Waals surface area contributed by atoms with Gasteiger partial charge in [-0.2, -0.15) is 0 Å². The molecule has 2 N–H and O–H groups in total. The summed E-state index contributed by atoms with van der Waals surface area (Å²) >= 11 is 0. The molecule has 1 aromatic heterocycles. The fourth-order valence-corrected chi connectivity index (χ4v) is 1.71. The van der Waals surface area contributed by atoms with Crippen molar-refractivity contribution < 1.29 is 5.11 Å². The summed E-state index contributed by atoms with van der Waals surface area (Å²) in [7, 11) is 0. The molecule has 0 saturated heterocycles. The van der Waals surface area contributed by atoms with Crippen LogP contribution in [0.25, 0.3) is 0 Å². The molecular formula is C13H24N2O. The summed E-state index contributed by atoms with van der Waals surface area (Å²) in [5.74, 6) is 0. The number of aliphatic hydroxyl groups is 1. The van der Waals surface area contributed by atoms with Gasteiger partial charge in [0.2, 0.25) is 0 Å². The van der Waals surface area contributed by atoms with E-state index in [0.29, 0.717) is 12.6 Å². The van der Waals surface area contributed by atoms with Crippen LogP contribution >= 0.6 is 0 Å². The van der Waals surface area contributed by atoms with E-state index in [0.717, 1.165) is 32.4 Å². The highest BCUT2D eigenvalue weighted by Crippen LogP contribution is 2.06. The van der Waals surface area contributed by atoms with Gasteiger partial charge in [-0.25, -0.2) is 0 Å². The molecule has 0 spiro atoms. The Balaban J connectivity index is 2.32. The maximum Gasteiger partial charge on any atom is 0.0431 e. The van der Waals surface area contributed by atoms with Crippen molar-refractivity contribution in [1.82, 2.24) is 9.88 Å². The first-order valence-corrected chi connectivity index (χ1v) is 6.22. The topological polar surface area (TPSA) is 37.2 Å². The molecule has 1 rings (SSSR count). The van der Waals surface area contributed by atoms with E-state index in [9.17, 15) is 0 Å². The van der Waals surface area contributed by atoms with Gasteiger partial charge in [-0.05, 0) is 31.4 Å². The summed E-state index contributed by atoms with van der Waals surface area (Å²) in [5, 5.41) is 12.1. The molecule has 0 radical (unpaired) electrons. The van der Waals surface area contributed by atoms with Gasteiger partial charge in [0.25, 0.3) is 0 Å². The van der Waals surface area contributed by atoms with Crippen LogP contribution in [0, 0.1) is 0 Å². The van der Waals surface area contributed by atoms with Crippen molar-refractivity contribution in [3.05, 3.63) is 24.0 Å². The molecule has 0 aliphatic carbocycles. The lowest BCUT2D eigenvalue weighted by Gasteiger charge is -2.11. The van der Waals surface area contributed by atoms with Gasteiger partial charge < -0.3 is 15.0 Å². The number of aryl methyl sites for hydroxylation is 1. The van der Waals surface area contributed by atoms with Gasteiger partial charge >= 0.3 is 0 Å². The van der Waals surface area contributed by atoms with E-state index in [1.54, 1.807) is 0 Å². The van der Waals surface area contributed by atoms with Crippen LogP contribution in [0.15, 0.2) is 18.3 Å². The van der Waals surface area contributed by atoms with Crippen LogP contribution in [0.2, 0.25) is 0 Å². The second kappa shape index (κ2) is 7.47. The highest BCUT2D eigenvalue weighted by molar-refractivity contribution is 5.06. The smallest absolute Gasteiger partial charge is 0.0431 e. The number of hydrogen-bond acceptors (Lipinski definition) is 2. The largest absolute Gasteiger partial charge is 0.396 e. The third-order valence-corrected chi connectivity index (χ3v) is 2.67. The molecule has 0 aromatic carbocycles. The first-order chi connectivity index (χ1) is 7.74. The first kappa shape index (κ1) is 13.3. The van der Waals surface area contributed by atoms with E-state index in [-0.39, 0.29) is 0 Å². The summed E-state index contributed by atoms with van der Waals surface area (Å²) in [6, 6.07) is 4.79. The molecule has 0 aliphatic rings. The van der Waals surface area contributed by atoms with Crippen molar-refractivity contribution in [3.8, 4) is 0 Å². The zero-order chi connectivity index (χ0) is 11.8. The number of aromatic nitrogens is 1. The highest BCUT2D eigenvalue weighted by atomic mass is 16.2. The Morgan fingerprint density at radius 1 is 1.31 bits per heavy atom. The van der Waals surface area contributed by atoms with Gasteiger partial charge in [0, 0.05) is 37.6 Å². The molecule has 0 amide bonds. The number of nitrogens with zero attached hydrogens (tertiary/aromatic N) is 1. The third-order valence-electron chi connectivity index (χ3n) is 2.67. The molecule has 0 unspecified atom stereocenters. The monoisotopic (exact) mass is 224 g/mol. The number of aliphatic hydroxyl groups excluding tert-OH is 1. The standard InChI is InChI=1S/C13H24N2O/c1-12(2)14-11-13-7-6-9-15(13)8-4-3-5-10-16/h6-7,9,12,14,16H,3-5,8,10-11H2,1-2H3. The number of rotatable bonds is 8. The zero-order valence-electron chi connectivity index (χ0n) is 10.4. The molecule has 0 aliphatic heterocycles. The molecule has 92 valence electrons. The molecule has 3 nitrogen and oxygen atoms in total.